The molecule has 0 saturated heterocycles. The molecule has 0 N–H and O–H groups in total. The Balaban J connectivity index is 4.19. The Morgan fingerprint density at radius 1 is 1.25 bits per heavy atom. The zero-order valence-electron chi connectivity index (χ0n) is 11.4. The first-order chi connectivity index (χ1) is 6.90. The lowest BCUT2D eigenvalue weighted by atomic mass is 9.78. The summed E-state index contributed by atoms with van der Waals surface area (Å²) in [5.41, 5.74) is -0.782. The second-order valence-corrected chi connectivity index (χ2v) is 6.86. The van der Waals surface area contributed by atoms with Gasteiger partial charge in [0, 0.05) is 6.61 Å². The van der Waals surface area contributed by atoms with E-state index in [-0.39, 0.29) is 5.41 Å². The molecular formula is C12H25BFOP. The van der Waals surface area contributed by atoms with Gasteiger partial charge in [-0.25, -0.2) is 4.39 Å². The Kier molecular flexibility index (Phi) is 5.48. The first-order valence-electron chi connectivity index (χ1n) is 5.81. The number of rotatable bonds is 6. The standard InChI is InChI=1S/C12H25BFOP/c1-9(2)10(3,4)7-8-15-11(5,6)12(13,14)16/h9H,7-8,16H2,1-6H3. The second kappa shape index (κ2) is 5.35. The molecular weight excluding hydrogens is 221 g/mol. The third kappa shape index (κ3) is 4.71. The molecule has 0 bridgehead atoms. The Morgan fingerprint density at radius 2 is 1.69 bits per heavy atom. The quantitative estimate of drug-likeness (QED) is 0.514. The van der Waals surface area contributed by atoms with Crippen LogP contribution in [0.4, 0.5) is 4.39 Å². The monoisotopic (exact) mass is 246 g/mol. The van der Waals surface area contributed by atoms with Crippen molar-refractivity contribution in [3.05, 3.63) is 0 Å². The minimum absolute atomic E-state index is 0.199. The van der Waals surface area contributed by atoms with Crippen LogP contribution in [0.25, 0.3) is 0 Å². The predicted octanol–water partition coefficient (Wildman–Crippen LogP) is 3.52. The highest BCUT2D eigenvalue weighted by Gasteiger charge is 2.38. The fraction of sp³-hybridized carbons (Fsp3) is 1.00. The number of halogens is 1. The van der Waals surface area contributed by atoms with E-state index in [9.17, 15) is 4.39 Å². The Hall–Kier alpha value is 0.385. The van der Waals surface area contributed by atoms with Gasteiger partial charge in [0.25, 0.3) is 0 Å². The van der Waals surface area contributed by atoms with Crippen molar-refractivity contribution in [2.24, 2.45) is 11.3 Å². The molecule has 1 nitrogen and oxygen atoms in total. The minimum Gasteiger partial charge on any atom is -0.373 e. The van der Waals surface area contributed by atoms with Crippen LogP contribution in [0.15, 0.2) is 0 Å². The summed E-state index contributed by atoms with van der Waals surface area (Å²) >= 11 is 0. The van der Waals surface area contributed by atoms with Crippen LogP contribution in [0.3, 0.4) is 0 Å². The minimum atomic E-state index is -1.89. The van der Waals surface area contributed by atoms with Gasteiger partial charge in [-0.05, 0) is 31.6 Å². The fourth-order valence-electron chi connectivity index (χ4n) is 0.969. The van der Waals surface area contributed by atoms with Gasteiger partial charge in [-0.15, -0.1) is 9.24 Å². The average molecular weight is 246 g/mol. The smallest absolute Gasteiger partial charge is 0.131 e. The summed E-state index contributed by atoms with van der Waals surface area (Å²) < 4.78 is 19.1. The lowest BCUT2D eigenvalue weighted by Gasteiger charge is -2.37. The molecule has 2 radical (unpaired) electrons. The van der Waals surface area contributed by atoms with Gasteiger partial charge in [0.1, 0.15) is 13.2 Å². The fourth-order valence-corrected chi connectivity index (χ4v) is 1.05. The summed E-state index contributed by atoms with van der Waals surface area (Å²) in [6.07, 6.45) is 0.898. The highest BCUT2D eigenvalue weighted by atomic mass is 31.0. The van der Waals surface area contributed by atoms with Crippen LogP contribution in [0.5, 0.6) is 0 Å². The van der Waals surface area contributed by atoms with E-state index in [1.54, 1.807) is 13.8 Å². The van der Waals surface area contributed by atoms with Crippen molar-refractivity contribution < 1.29 is 9.13 Å². The second-order valence-electron chi connectivity index (χ2n) is 6.02. The zero-order valence-corrected chi connectivity index (χ0v) is 12.6. The van der Waals surface area contributed by atoms with Crippen LogP contribution in [-0.2, 0) is 4.74 Å². The highest BCUT2D eigenvalue weighted by molar-refractivity contribution is 7.22. The van der Waals surface area contributed by atoms with Crippen molar-refractivity contribution in [1.29, 1.82) is 0 Å². The van der Waals surface area contributed by atoms with E-state index in [2.05, 4.69) is 27.7 Å². The van der Waals surface area contributed by atoms with Crippen LogP contribution < -0.4 is 0 Å². The lowest BCUT2D eigenvalue weighted by Crippen LogP contribution is -2.45. The maximum atomic E-state index is 13.6. The number of alkyl halides is 1. The van der Waals surface area contributed by atoms with E-state index >= 15 is 0 Å². The summed E-state index contributed by atoms with van der Waals surface area (Å²) in [5.74, 6) is 0.572. The highest BCUT2D eigenvalue weighted by Crippen LogP contribution is 2.35. The summed E-state index contributed by atoms with van der Waals surface area (Å²) in [6.45, 7) is 12.6. The van der Waals surface area contributed by atoms with Crippen LogP contribution >= 0.6 is 9.24 Å². The SMILES string of the molecule is [B]C(F)(P)C(C)(C)OCCC(C)(C)C(C)C. The van der Waals surface area contributed by atoms with Crippen LogP contribution in [-0.4, -0.2) is 25.4 Å². The predicted molar refractivity (Wildman–Crippen MR) is 72.6 cm³/mol. The van der Waals surface area contributed by atoms with Gasteiger partial charge in [-0.2, -0.15) is 0 Å². The number of hydrogen-bond donors (Lipinski definition) is 0. The van der Waals surface area contributed by atoms with Gasteiger partial charge in [0.2, 0.25) is 0 Å². The molecule has 0 aliphatic rings. The molecule has 0 aromatic carbocycles. The maximum absolute atomic E-state index is 13.6. The normalized spacial score (nSPS) is 17.6. The van der Waals surface area contributed by atoms with Gasteiger partial charge in [-0.1, -0.05) is 27.7 Å². The molecule has 0 fully saturated rings. The van der Waals surface area contributed by atoms with Crippen molar-refractivity contribution in [3.8, 4) is 0 Å². The van der Waals surface area contributed by atoms with Crippen LogP contribution in [0, 0.1) is 11.3 Å². The van der Waals surface area contributed by atoms with Crippen molar-refractivity contribution >= 4 is 17.1 Å². The zero-order chi connectivity index (χ0) is 13.2. The molecule has 0 aliphatic carbocycles. The Morgan fingerprint density at radius 3 is 2.00 bits per heavy atom. The van der Waals surface area contributed by atoms with E-state index < -0.39 is 10.9 Å². The van der Waals surface area contributed by atoms with E-state index in [1.165, 1.54) is 0 Å². The molecule has 0 rings (SSSR count). The Bertz CT molecular complexity index is 222. The summed E-state index contributed by atoms with van der Waals surface area (Å²) in [6, 6.07) is 0. The van der Waals surface area contributed by atoms with Gasteiger partial charge >= 0.3 is 0 Å². The number of hydrogen-bond acceptors (Lipinski definition) is 1. The molecule has 0 amide bonds. The largest absolute Gasteiger partial charge is 0.373 e. The van der Waals surface area contributed by atoms with Gasteiger partial charge < -0.3 is 4.74 Å². The molecule has 0 heterocycles. The molecule has 2 atom stereocenters. The van der Waals surface area contributed by atoms with Crippen molar-refractivity contribution in [1.82, 2.24) is 0 Å². The van der Waals surface area contributed by atoms with Gasteiger partial charge in [0.15, 0.2) is 0 Å². The molecule has 4 heteroatoms. The maximum Gasteiger partial charge on any atom is 0.131 e. The van der Waals surface area contributed by atoms with Crippen molar-refractivity contribution in [2.75, 3.05) is 6.61 Å². The van der Waals surface area contributed by atoms with E-state index in [4.69, 9.17) is 12.6 Å². The van der Waals surface area contributed by atoms with E-state index in [0.29, 0.717) is 12.5 Å². The molecule has 0 aliphatic heterocycles. The van der Waals surface area contributed by atoms with Gasteiger partial charge in [0.05, 0.1) is 5.60 Å². The first kappa shape index (κ1) is 16.4. The molecule has 0 aromatic rings. The Labute approximate surface area is 104 Å². The summed E-state index contributed by atoms with van der Waals surface area (Å²) in [5, 5.41) is -1.89. The van der Waals surface area contributed by atoms with Crippen LogP contribution in [0.1, 0.15) is 48.0 Å². The van der Waals surface area contributed by atoms with Crippen molar-refractivity contribution in [3.63, 3.8) is 0 Å². The topological polar surface area (TPSA) is 9.23 Å². The summed E-state index contributed by atoms with van der Waals surface area (Å²) in [7, 11) is 7.39. The molecule has 2 unspecified atom stereocenters. The molecule has 0 saturated carbocycles. The number of ether oxygens (including phenoxy) is 1. The first-order valence-corrected chi connectivity index (χ1v) is 6.38. The molecule has 0 aromatic heterocycles. The average Bonchev–Trinajstić information content (AvgIpc) is 2.00. The van der Waals surface area contributed by atoms with Crippen molar-refractivity contribution in [2.45, 2.75) is 58.9 Å². The summed E-state index contributed by atoms with van der Waals surface area (Å²) in [4.78, 5) is 0. The van der Waals surface area contributed by atoms with E-state index in [1.807, 2.05) is 9.24 Å². The van der Waals surface area contributed by atoms with Gasteiger partial charge in [-0.3, -0.25) is 0 Å². The molecule has 16 heavy (non-hydrogen) atoms. The van der Waals surface area contributed by atoms with E-state index in [0.717, 1.165) is 6.42 Å². The lowest BCUT2D eigenvalue weighted by molar-refractivity contribution is -0.0689. The van der Waals surface area contributed by atoms with Crippen LogP contribution in [0.2, 0.25) is 0 Å². The molecule has 94 valence electrons. The third-order valence-electron chi connectivity index (χ3n) is 3.70. The molecule has 0 spiro atoms. The third-order valence-corrected chi connectivity index (χ3v) is 4.39.